The van der Waals surface area contributed by atoms with Gasteiger partial charge in [-0.2, -0.15) is 0 Å². The van der Waals surface area contributed by atoms with Crippen molar-refractivity contribution in [3.63, 3.8) is 0 Å². The number of carbonyl (C=O) groups is 1. The van der Waals surface area contributed by atoms with Crippen LogP contribution in [0.2, 0.25) is 0 Å². The van der Waals surface area contributed by atoms with Crippen LogP contribution in [0.5, 0.6) is 5.75 Å². The lowest BCUT2D eigenvalue weighted by Crippen LogP contribution is -2.30. The summed E-state index contributed by atoms with van der Waals surface area (Å²) in [6, 6.07) is 6.03. The molecule has 1 aromatic rings. The molecule has 3 aliphatic rings. The number of carboxylic acid groups (broad SMARTS) is 1. The van der Waals surface area contributed by atoms with Crippen molar-refractivity contribution >= 4 is 5.97 Å². The molecule has 1 aromatic carbocycles. The highest BCUT2D eigenvalue weighted by atomic mass is 16.7. The van der Waals surface area contributed by atoms with Gasteiger partial charge in [0.2, 0.25) is 0 Å². The molecule has 6 atom stereocenters. The molecule has 190 valence electrons. The van der Waals surface area contributed by atoms with Gasteiger partial charge in [-0.15, -0.1) is 0 Å². The molecule has 1 heterocycles. The van der Waals surface area contributed by atoms with Crippen LogP contribution in [0.15, 0.2) is 18.2 Å². The quantitative estimate of drug-likeness (QED) is 0.392. The topological polar surface area (TPSA) is 85.2 Å². The number of aliphatic carboxylic acids is 1. The number of aliphatic hydroxyl groups excluding tert-OH is 1. The standard InChI is InChI=1S/C28H42O6/c1-2-3-4-9-22(34-27-11-5-6-14-32-27)12-13-23-24-17-21(29)16-20(24)15-19-8-7-10-25(28(19)23)33-18-26(30)31/h7-8,10,20-24,27,29H,2-6,9,11-18H2,1H3,(H,30,31). The summed E-state index contributed by atoms with van der Waals surface area (Å²) in [5.41, 5.74) is 2.42. The van der Waals surface area contributed by atoms with Crippen molar-refractivity contribution in [2.24, 2.45) is 11.8 Å². The maximum atomic E-state index is 11.2. The van der Waals surface area contributed by atoms with Crippen LogP contribution < -0.4 is 4.74 Å². The van der Waals surface area contributed by atoms with E-state index >= 15 is 0 Å². The summed E-state index contributed by atoms with van der Waals surface area (Å²) in [5, 5.41) is 19.7. The molecular weight excluding hydrogens is 432 g/mol. The molecule has 6 unspecified atom stereocenters. The molecule has 0 amide bonds. The third-order valence-corrected chi connectivity index (χ3v) is 8.01. The third-order valence-electron chi connectivity index (χ3n) is 8.01. The van der Waals surface area contributed by atoms with Crippen LogP contribution >= 0.6 is 0 Å². The van der Waals surface area contributed by atoms with Gasteiger partial charge in [-0.25, -0.2) is 4.79 Å². The van der Waals surface area contributed by atoms with Crippen molar-refractivity contribution in [2.75, 3.05) is 13.2 Å². The molecule has 4 rings (SSSR count). The van der Waals surface area contributed by atoms with E-state index in [0.29, 0.717) is 17.6 Å². The second kappa shape index (κ2) is 12.4. The minimum absolute atomic E-state index is 0.0884. The molecule has 0 radical (unpaired) electrons. The summed E-state index contributed by atoms with van der Waals surface area (Å²) in [4.78, 5) is 11.2. The van der Waals surface area contributed by atoms with Gasteiger partial charge in [0, 0.05) is 12.2 Å². The third kappa shape index (κ3) is 6.52. The number of carboxylic acids is 1. The Kier molecular flexibility index (Phi) is 9.26. The first kappa shape index (κ1) is 25.5. The lowest BCUT2D eigenvalue weighted by Gasteiger charge is -2.38. The first-order chi connectivity index (χ1) is 16.5. The van der Waals surface area contributed by atoms with Crippen LogP contribution in [0.3, 0.4) is 0 Å². The lowest BCUT2D eigenvalue weighted by atomic mass is 9.68. The Morgan fingerprint density at radius 3 is 2.85 bits per heavy atom. The van der Waals surface area contributed by atoms with Crippen molar-refractivity contribution in [2.45, 2.75) is 108 Å². The van der Waals surface area contributed by atoms with Gasteiger partial charge >= 0.3 is 5.97 Å². The molecule has 1 saturated heterocycles. The fraction of sp³-hybridized carbons (Fsp3) is 0.750. The molecule has 2 aliphatic carbocycles. The largest absolute Gasteiger partial charge is 0.482 e. The molecule has 2 N–H and O–H groups in total. The molecule has 2 fully saturated rings. The normalized spacial score (nSPS) is 29.3. The Morgan fingerprint density at radius 2 is 2.09 bits per heavy atom. The van der Waals surface area contributed by atoms with E-state index in [1.165, 1.54) is 24.0 Å². The van der Waals surface area contributed by atoms with Gasteiger partial charge in [-0.1, -0.05) is 38.3 Å². The van der Waals surface area contributed by atoms with Crippen molar-refractivity contribution in [1.82, 2.24) is 0 Å². The SMILES string of the molecule is CCCCCC(CCC1c2c(cccc2OCC(=O)O)CC2CC(O)CC21)OC1CCCCO1. The Bertz CT molecular complexity index is 789. The number of hydrogen-bond acceptors (Lipinski definition) is 5. The van der Waals surface area contributed by atoms with Gasteiger partial charge in [0.05, 0.1) is 12.2 Å². The maximum absolute atomic E-state index is 11.2. The van der Waals surface area contributed by atoms with E-state index < -0.39 is 5.97 Å². The van der Waals surface area contributed by atoms with E-state index in [9.17, 15) is 15.0 Å². The van der Waals surface area contributed by atoms with Gasteiger partial charge in [0.25, 0.3) is 0 Å². The van der Waals surface area contributed by atoms with Gasteiger partial charge in [-0.3, -0.25) is 0 Å². The number of rotatable bonds is 12. The summed E-state index contributed by atoms with van der Waals surface area (Å²) in [6.45, 7) is 2.68. The molecule has 6 nitrogen and oxygen atoms in total. The highest BCUT2D eigenvalue weighted by molar-refractivity contribution is 5.68. The summed E-state index contributed by atoms with van der Waals surface area (Å²) >= 11 is 0. The van der Waals surface area contributed by atoms with Crippen LogP contribution in [-0.4, -0.2) is 47.9 Å². The number of ether oxygens (including phenoxy) is 3. The minimum atomic E-state index is -0.962. The zero-order valence-electron chi connectivity index (χ0n) is 20.6. The van der Waals surface area contributed by atoms with Gasteiger partial charge < -0.3 is 24.4 Å². The highest BCUT2D eigenvalue weighted by Crippen LogP contribution is 2.52. The highest BCUT2D eigenvalue weighted by Gasteiger charge is 2.44. The maximum Gasteiger partial charge on any atom is 0.341 e. The Balaban J connectivity index is 1.52. The predicted molar refractivity (Wildman–Crippen MR) is 130 cm³/mol. The molecule has 1 saturated carbocycles. The van der Waals surface area contributed by atoms with Gasteiger partial charge in [0.15, 0.2) is 12.9 Å². The van der Waals surface area contributed by atoms with E-state index in [1.54, 1.807) is 0 Å². The van der Waals surface area contributed by atoms with Crippen LogP contribution in [0.25, 0.3) is 0 Å². The van der Waals surface area contributed by atoms with Crippen molar-refractivity contribution < 1.29 is 29.2 Å². The van der Waals surface area contributed by atoms with Gasteiger partial charge in [0.1, 0.15) is 5.75 Å². The molecule has 0 spiro atoms. The summed E-state index contributed by atoms with van der Waals surface area (Å²) < 4.78 is 18.1. The van der Waals surface area contributed by atoms with Gasteiger partial charge in [-0.05, 0) is 87.2 Å². The summed E-state index contributed by atoms with van der Waals surface area (Å²) in [6.07, 6.45) is 12.2. The van der Waals surface area contributed by atoms with E-state index in [-0.39, 0.29) is 31.0 Å². The second-order valence-electron chi connectivity index (χ2n) is 10.5. The van der Waals surface area contributed by atoms with Crippen LogP contribution in [0.4, 0.5) is 0 Å². The second-order valence-corrected chi connectivity index (χ2v) is 10.5. The fourth-order valence-corrected chi connectivity index (χ4v) is 6.46. The lowest BCUT2D eigenvalue weighted by molar-refractivity contribution is -0.191. The van der Waals surface area contributed by atoms with Crippen LogP contribution in [0.1, 0.15) is 94.6 Å². The average Bonchev–Trinajstić information content (AvgIpc) is 3.20. The van der Waals surface area contributed by atoms with E-state index in [0.717, 1.165) is 70.8 Å². The Labute approximate surface area is 204 Å². The minimum Gasteiger partial charge on any atom is -0.482 e. The number of hydrogen-bond donors (Lipinski definition) is 2. The zero-order valence-corrected chi connectivity index (χ0v) is 20.6. The molecule has 34 heavy (non-hydrogen) atoms. The number of benzene rings is 1. The zero-order chi connectivity index (χ0) is 23.9. The number of aliphatic hydroxyl groups is 1. The Hall–Kier alpha value is -1.63. The number of fused-ring (bicyclic) bond motifs is 2. The van der Waals surface area contributed by atoms with Crippen molar-refractivity contribution in [1.29, 1.82) is 0 Å². The molecule has 0 bridgehead atoms. The molecule has 0 aromatic heterocycles. The molecule has 6 heteroatoms. The number of unbranched alkanes of at least 4 members (excludes halogenated alkanes) is 2. The van der Waals surface area contributed by atoms with Crippen molar-refractivity contribution in [3.05, 3.63) is 29.3 Å². The average molecular weight is 475 g/mol. The first-order valence-corrected chi connectivity index (χ1v) is 13.5. The smallest absolute Gasteiger partial charge is 0.341 e. The molecule has 1 aliphatic heterocycles. The molecular formula is C28H42O6. The monoisotopic (exact) mass is 474 g/mol. The van der Waals surface area contributed by atoms with Crippen LogP contribution in [-0.2, 0) is 20.7 Å². The van der Waals surface area contributed by atoms with E-state index in [1.807, 2.05) is 12.1 Å². The van der Waals surface area contributed by atoms with Crippen LogP contribution in [0, 0.1) is 11.8 Å². The first-order valence-electron chi connectivity index (χ1n) is 13.5. The fourth-order valence-electron chi connectivity index (χ4n) is 6.46. The van der Waals surface area contributed by atoms with Crippen molar-refractivity contribution in [3.8, 4) is 5.75 Å². The Morgan fingerprint density at radius 1 is 1.21 bits per heavy atom. The predicted octanol–water partition coefficient (Wildman–Crippen LogP) is 5.45. The summed E-state index contributed by atoms with van der Waals surface area (Å²) in [7, 11) is 0. The van der Waals surface area contributed by atoms with E-state index in [2.05, 4.69) is 13.0 Å². The summed E-state index contributed by atoms with van der Waals surface area (Å²) in [5.74, 6) is 0.864. The van der Waals surface area contributed by atoms with E-state index in [4.69, 9.17) is 14.2 Å².